The first-order valence-electron chi connectivity index (χ1n) is 11.6. The maximum atomic E-state index is 13.0. The largest absolute Gasteiger partial charge is 0.543 e. The number of carbonyl (C=O) groups is 3. The van der Waals surface area contributed by atoms with E-state index in [0.717, 1.165) is 12.0 Å². The molecular formula is C27H27N4O4-. The first-order valence-corrected chi connectivity index (χ1v) is 11.6. The molecule has 8 heteroatoms. The van der Waals surface area contributed by atoms with Crippen molar-refractivity contribution in [2.45, 2.75) is 38.6 Å². The molecule has 180 valence electrons. The fraction of sp³-hybridized carbons (Fsp3) is 0.259. The number of hydrogen-bond donors (Lipinski definition) is 2. The molecular weight excluding hydrogens is 444 g/mol. The van der Waals surface area contributed by atoms with Gasteiger partial charge in [-0.1, -0.05) is 38.1 Å². The van der Waals surface area contributed by atoms with E-state index in [-0.39, 0.29) is 17.6 Å². The van der Waals surface area contributed by atoms with Crippen LogP contribution in [0.2, 0.25) is 0 Å². The zero-order chi connectivity index (χ0) is 24.9. The van der Waals surface area contributed by atoms with Crippen LogP contribution in [0.15, 0.2) is 66.9 Å². The number of anilines is 2. The van der Waals surface area contributed by atoms with E-state index in [9.17, 15) is 19.5 Å². The molecule has 1 aliphatic rings. The minimum Gasteiger partial charge on any atom is -0.543 e. The molecule has 2 aromatic carbocycles. The molecule has 1 aromatic heterocycles. The highest BCUT2D eigenvalue weighted by molar-refractivity contribution is 5.99. The van der Waals surface area contributed by atoms with Crippen molar-refractivity contribution in [1.29, 1.82) is 0 Å². The normalized spacial score (nSPS) is 15.2. The van der Waals surface area contributed by atoms with Crippen LogP contribution in [0.4, 0.5) is 16.2 Å². The van der Waals surface area contributed by atoms with Crippen LogP contribution in [0, 0.1) is 0 Å². The van der Waals surface area contributed by atoms with Gasteiger partial charge in [-0.05, 0) is 71.8 Å². The second-order valence-electron chi connectivity index (χ2n) is 8.84. The number of pyridine rings is 1. The zero-order valence-corrected chi connectivity index (χ0v) is 19.7. The molecule has 0 radical (unpaired) electrons. The number of carbonyl (C=O) groups excluding carboxylic acids is 3. The maximum absolute atomic E-state index is 13.0. The molecule has 0 spiro atoms. The highest BCUT2D eigenvalue weighted by Crippen LogP contribution is 2.24. The van der Waals surface area contributed by atoms with Crippen LogP contribution < -0.4 is 15.7 Å². The van der Waals surface area contributed by atoms with Crippen LogP contribution in [-0.2, 0) is 4.79 Å². The minimum absolute atomic E-state index is 0.143. The van der Waals surface area contributed by atoms with Crippen molar-refractivity contribution in [2.75, 3.05) is 17.2 Å². The Kier molecular flexibility index (Phi) is 7.10. The summed E-state index contributed by atoms with van der Waals surface area (Å²) in [4.78, 5) is 42.2. The third-order valence-electron chi connectivity index (χ3n) is 6.10. The van der Waals surface area contributed by atoms with Crippen LogP contribution in [0.1, 0.15) is 48.7 Å². The zero-order valence-electron chi connectivity index (χ0n) is 19.7. The van der Waals surface area contributed by atoms with Gasteiger partial charge in [0, 0.05) is 24.1 Å². The lowest BCUT2D eigenvalue weighted by atomic mass is 10.0. The van der Waals surface area contributed by atoms with Gasteiger partial charge < -0.3 is 25.4 Å². The molecule has 0 aliphatic carbocycles. The van der Waals surface area contributed by atoms with Crippen LogP contribution in [0.25, 0.3) is 11.1 Å². The fourth-order valence-electron chi connectivity index (χ4n) is 4.12. The Labute approximate surface area is 204 Å². The molecule has 3 amide bonds. The van der Waals surface area contributed by atoms with Crippen molar-refractivity contribution < 1.29 is 19.5 Å². The number of hydrogen-bond acceptors (Lipinski definition) is 5. The SMILES string of the molecule is CC(C)c1ccc(NC(=O)N2CCC[C@@H]2C(=O)Nc2ccc(-c3ccnc(C(=O)[O-])c3)cc2)cc1. The quantitative estimate of drug-likeness (QED) is 0.566. The highest BCUT2D eigenvalue weighted by Gasteiger charge is 2.34. The Morgan fingerprint density at radius 3 is 2.26 bits per heavy atom. The van der Waals surface area contributed by atoms with Gasteiger partial charge in [-0.25, -0.2) is 4.79 Å². The Bertz CT molecular complexity index is 1220. The van der Waals surface area contributed by atoms with E-state index in [0.29, 0.717) is 35.8 Å². The predicted molar refractivity (Wildman–Crippen MR) is 132 cm³/mol. The van der Waals surface area contributed by atoms with Crippen molar-refractivity contribution in [1.82, 2.24) is 9.88 Å². The predicted octanol–water partition coefficient (Wildman–Crippen LogP) is 3.87. The average Bonchev–Trinajstić information content (AvgIpc) is 3.35. The van der Waals surface area contributed by atoms with Gasteiger partial charge in [0.1, 0.15) is 6.04 Å². The summed E-state index contributed by atoms with van der Waals surface area (Å²) in [7, 11) is 0. The van der Waals surface area contributed by atoms with E-state index >= 15 is 0 Å². The number of nitrogens with zero attached hydrogens (tertiary/aromatic N) is 2. The van der Waals surface area contributed by atoms with Crippen LogP contribution in [0.3, 0.4) is 0 Å². The lowest BCUT2D eigenvalue weighted by Crippen LogP contribution is -2.45. The Morgan fingerprint density at radius 1 is 0.943 bits per heavy atom. The van der Waals surface area contributed by atoms with E-state index in [1.54, 1.807) is 35.2 Å². The Balaban J connectivity index is 1.39. The van der Waals surface area contributed by atoms with Crippen molar-refractivity contribution in [3.63, 3.8) is 0 Å². The molecule has 2 heterocycles. The summed E-state index contributed by atoms with van der Waals surface area (Å²) >= 11 is 0. The number of nitrogens with one attached hydrogen (secondary N) is 2. The summed E-state index contributed by atoms with van der Waals surface area (Å²) in [5, 5.41) is 16.8. The average molecular weight is 472 g/mol. The molecule has 1 aliphatic heterocycles. The summed E-state index contributed by atoms with van der Waals surface area (Å²) < 4.78 is 0. The first kappa shape index (κ1) is 23.9. The van der Waals surface area contributed by atoms with Gasteiger partial charge in [0.2, 0.25) is 5.91 Å². The molecule has 4 rings (SSSR count). The number of likely N-dealkylation sites (tertiary alicyclic amines) is 1. The second-order valence-corrected chi connectivity index (χ2v) is 8.84. The Morgan fingerprint density at radius 2 is 1.60 bits per heavy atom. The van der Waals surface area contributed by atoms with E-state index in [1.807, 2.05) is 24.3 Å². The van der Waals surface area contributed by atoms with Crippen molar-refractivity contribution >= 4 is 29.3 Å². The molecule has 0 bridgehead atoms. The van der Waals surface area contributed by atoms with E-state index in [4.69, 9.17) is 0 Å². The van der Waals surface area contributed by atoms with Crippen LogP contribution >= 0.6 is 0 Å². The lowest BCUT2D eigenvalue weighted by Gasteiger charge is -2.24. The maximum Gasteiger partial charge on any atom is 0.322 e. The lowest BCUT2D eigenvalue weighted by molar-refractivity contribution is -0.255. The van der Waals surface area contributed by atoms with Gasteiger partial charge in [-0.3, -0.25) is 9.78 Å². The summed E-state index contributed by atoms with van der Waals surface area (Å²) in [6, 6.07) is 17.1. The van der Waals surface area contributed by atoms with Gasteiger partial charge in [0.15, 0.2) is 0 Å². The molecule has 1 saturated heterocycles. The van der Waals surface area contributed by atoms with Gasteiger partial charge >= 0.3 is 6.03 Å². The van der Waals surface area contributed by atoms with Gasteiger partial charge in [0.25, 0.3) is 0 Å². The van der Waals surface area contributed by atoms with Gasteiger partial charge in [-0.2, -0.15) is 0 Å². The van der Waals surface area contributed by atoms with Crippen LogP contribution in [-0.4, -0.2) is 40.4 Å². The van der Waals surface area contributed by atoms with Crippen LogP contribution in [0.5, 0.6) is 0 Å². The van der Waals surface area contributed by atoms with Crippen molar-refractivity contribution in [3.05, 3.63) is 78.1 Å². The first-order chi connectivity index (χ1) is 16.8. The summed E-state index contributed by atoms with van der Waals surface area (Å²) in [6.07, 6.45) is 2.75. The Hall–Kier alpha value is -4.20. The van der Waals surface area contributed by atoms with Crippen molar-refractivity contribution in [3.8, 4) is 11.1 Å². The fourth-order valence-corrected chi connectivity index (χ4v) is 4.12. The molecule has 1 fully saturated rings. The molecule has 0 saturated carbocycles. The number of rotatable bonds is 6. The third-order valence-corrected chi connectivity index (χ3v) is 6.10. The summed E-state index contributed by atoms with van der Waals surface area (Å²) in [6.45, 7) is 4.73. The monoisotopic (exact) mass is 471 g/mol. The summed E-state index contributed by atoms with van der Waals surface area (Å²) in [5.41, 5.74) is 3.78. The molecule has 35 heavy (non-hydrogen) atoms. The number of aromatic carboxylic acids is 1. The number of carboxylic acid groups (broad SMARTS) is 1. The molecule has 1 atom stereocenters. The number of benzene rings is 2. The molecule has 3 aromatic rings. The van der Waals surface area contributed by atoms with E-state index in [1.165, 1.54) is 17.8 Å². The number of urea groups is 1. The number of aromatic nitrogens is 1. The molecule has 8 nitrogen and oxygen atoms in total. The standard InChI is InChI=1S/C27H28N4O4/c1-17(2)18-5-9-22(10-6-18)30-27(35)31-15-3-4-24(31)25(32)29-21-11-7-19(8-12-21)20-13-14-28-23(16-20)26(33)34/h5-14,16-17,24H,3-4,15H2,1-2H3,(H,29,32)(H,30,35)(H,33,34)/p-1/t24-/m1/s1. The van der Waals surface area contributed by atoms with Gasteiger partial charge in [0.05, 0.1) is 11.7 Å². The number of amides is 3. The van der Waals surface area contributed by atoms with E-state index < -0.39 is 12.0 Å². The molecule has 0 unspecified atom stereocenters. The topological polar surface area (TPSA) is 114 Å². The highest BCUT2D eigenvalue weighted by atomic mass is 16.4. The van der Waals surface area contributed by atoms with Crippen molar-refractivity contribution in [2.24, 2.45) is 0 Å². The summed E-state index contributed by atoms with van der Waals surface area (Å²) in [5.74, 6) is -1.18. The number of carboxylic acids is 1. The molecule has 2 N–H and O–H groups in total. The smallest absolute Gasteiger partial charge is 0.322 e. The third kappa shape index (κ3) is 5.66. The second kappa shape index (κ2) is 10.4. The minimum atomic E-state index is -1.34. The van der Waals surface area contributed by atoms with E-state index in [2.05, 4.69) is 29.5 Å². The van der Waals surface area contributed by atoms with Gasteiger partial charge in [-0.15, -0.1) is 0 Å².